The molecule has 0 amide bonds. The number of methoxy groups -OCH3 is 1. The number of hydrogen-bond acceptors (Lipinski definition) is 2. The average Bonchev–Trinajstić information content (AvgIpc) is 2.25. The van der Waals surface area contributed by atoms with Gasteiger partial charge in [-0.3, -0.25) is 0 Å². The first-order valence-corrected chi connectivity index (χ1v) is 4.93. The quantitative estimate of drug-likeness (QED) is 0.646. The molecule has 0 atom stereocenters. The van der Waals surface area contributed by atoms with Gasteiger partial charge in [-0.05, 0) is 30.7 Å². The highest BCUT2D eigenvalue weighted by molar-refractivity contribution is 5.30. The van der Waals surface area contributed by atoms with E-state index in [0.29, 0.717) is 0 Å². The van der Waals surface area contributed by atoms with Crippen LogP contribution in [0, 0.1) is 6.92 Å². The van der Waals surface area contributed by atoms with Crippen LogP contribution < -0.4 is 9.47 Å². The lowest BCUT2D eigenvalue weighted by atomic mass is 10.3. The summed E-state index contributed by atoms with van der Waals surface area (Å²) in [5.74, 6) is 1.75. The van der Waals surface area contributed by atoms with E-state index >= 15 is 0 Å². The first kappa shape index (κ1) is 10.9. The number of ether oxygens (including phenoxy) is 2. The van der Waals surface area contributed by atoms with Crippen LogP contribution >= 0.6 is 0 Å². The Morgan fingerprint density at radius 1 is 1.07 bits per heavy atom. The first-order valence-electron chi connectivity index (χ1n) is 4.93. The fraction of sp³-hybridized carbons (Fsp3) is 0.417. The summed E-state index contributed by atoms with van der Waals surface area (Å²) >= 11 is 0. The molecule has 0 aliphatic rings. The molecule has 0 aliphatic heterocycles. The summed E-state index contributed by atoms with van der Waals surface area (Å²) in [5, 5.41) is 0. The predicted molar refractivity (Wildman–Crippen MR) is 57.7 cm³/mol. The standard InChI is InChI=1S/C12H17O2/c1-3-4-5-10-14-12-8-6-11(13-2)7-9-12/h6-9H,1,3-5,10H2,2H3. The molecule has 0 fully saturated rings. The van der Waals surface area contributed by atoms with Crippen molar-refractivity contribution < 1.29 is 9.47 Å². The lowest BCUT2D eigenvalue weighted by molar-refractivity contribution is 0.306. The summed E-state index contributed by atoms with van der Waals surface area (Å²) in [5.41, 5.74) is 0. The highest BCUT2D eigenvalue weighted by Gasteiger charge is 1.94. The fourth-order valence-electron chi connectivity index (χ4n) is 1.14. The van der Waals surface area contributed by atoms with E-state index in [4.69, 9.17) is 9.47 Å². The second-order valence-corrected chi connectivity index (χ2v) is 3.08. The van der Waals surface area contributed by atoms with E-state index in [1.165, 1.54) is 0 Å². The van der Waals surface area contributed by atoms with Gasteiger partial charge in [-0.15, -0.1) is 0 Å². The molecule has 2 nitrogen and oxygen atoms in total. The van der Waals surface area contributed by atoms with E-state index < -0.39 is 0 Å². The summed E-state index contributed by atoms with van der Waals surface area (Å²) < 4.78 is 10.6. The van der Waals surface area contributed by atoms with Gasteiger partial charge < -0.3 is 9.47 Å². The number of benzene rings is 1. The smallest absolute Gasteiger partial charge is 0.119 e. The predicted octanol–water partition coefficient (Wildman–Crippen LogP) is 3.08. The molecule has 1 aromatic carbocycles. The molecule has 0 aromatic heterocycles. The van der Waals surface area contributed by atoms with Crippen molar-refractivity contribution in [2.45, 2.75) is 19.3 Å². The van der Waals surface area contributed by atoms with Gasteiger partial charge in [0.1, 0.15) is 11.5 Å². The molecule has 77 valence electrons. The molecule has 0 heterocycles. The van der Waals surface area contributed by atoms with Crippen LogP contribution in [-0.4, -0.2) is 13.7 Å². The Kier molecular flexibility index (Phi) is 4.90. The zero-order valence-electron chi connectivity index (χ0n) is 8.66. The fourth-order valence-corrected chi connectivity index (χ4v) is 1.14. The van der Waals surface area contributed by atoms with Crippen LogP contribution in [0.4, 0.5) is 0 Å². The van der Waals surface area contributed by atoms with Crippen molar-refractivity contribution in [2.75, 3.05) is 13.7 Å². The molecule has 0 saturated heterocycles. The third-order valence-electron chi connectivity index (χ3n) is 1.97. The summed E-state index contributed by atoms with van der Waals surface area (Å²) in [6.07, 6.45) is 3.16. The van der Waals surface area contributed by atoms with E-state index in [1.54, 1.807) is 7.11 Å². The third kappa shape index (κ3) is 3.69. The van der Waals surface area contributed by atoms with Crippen molar-refractivity contribution in [1.29, 1.82) is 0 Å². The van der Waals surface area contributed by atoms with Gasteiger partial charge >= 0.3 is 0 Å². The normalized spacial score (nSPS) is 9.86. The largest absolute Gasteiger partial charge is 0.497 e. The van der Waals surface area contributed by atoms with Crippen molar-refractivity contribution in [1.82, 2.24) is 0 Å². The highest BCUT2D eigenvalue weighted by atomic mass is 16.5. The van der Waals surface area contributed by atoms with Crippen LogP contribution in [0.15, 0.2) is 24.3 Å². The van der Waals surface area contributed by atoms with Crippen molar-refractivity contribution >= 4 is 0 Å². The molecule has 14 heavy (non-hydrogen) atoms. The second kappa shape index (κ2) is 6.30. The molecule has 0 aliphatic carbocycles. The molecule has 0 bridgehead atoms. The topological polar surface area (TPSA) is 18.5 Å². The Labute approximate surface area is 85.8 Å². The molecule has 1 rings (SSSR count). The molecular formula is C12H17O2. The summed E-state index contributed by atoms with van der Waals surface area (Å²) in [7, 11) is 1.66. The van der Waals surface area contributed by atoms with Crippen molar-refractivity contribution in [3.8, 4) is 11.5 Å². The Morgan fingerprint density at radius 3 is 2.29 bits per heavy atom. The molecule has 0 N–H and O–H groups in total. The molecule has 0 saturated carbocycles. The first-order chi connectivity index (χ1) is 6.86. The van der Waals surface area contributed by atoms with Crippen LogP contribution in [0.5, 0.6) is 11.5 Å². The van der Waals surface area contributed by atoms with Gasteiger partial charge in [0, 0.05) is 0 Å². The maximum Gasteiger partial charge on any atom is 0.119 e. The van der Waals surface area contributed by atoms with Crippen molar-refractivity contribution in [3.63, 3.8) is 0 Å². The van der Waals surface area contributed by atoms with E-state index in [2.05, 4.69) is 6.92 Å². The number of unbranched alkanes of at least 4 members (excludes halogenated alkanes) is 2. The van der Waals surface area contributed by atoms with Gasteiger partial charge in [0.25, 0.3) is 0 Å². The third-order valence-corrected chi connectivity index (χ3v) is 1.97. The summed E-state index contributed by atoms with van der Waals surface area (Å²) in [6, 6.07) is 7.64. The molecule has 0 unspecified atom stereocenters. The monoisotopic (exact) mass is 193 g/mol. The average molecular weight is 193 g/mol. The Morgan fingerprint density at radius 2 is 1.71 bits per heavy atom. The van der Waals surface area contributed by atoms with Gasteiger partial charge in [0.05, 0.1) is 13.7 Å². The van der Waals surface area contributed by atoms with Gasteiger partial charge in [-0.2, -0.15) is 0 Å². The highest BCUT2D eigenvalue weighted by Crippen LogP contribution is 2.17. The van der Waals surface area contributed by atoms with Crippen molar-refractivity contribution in [2.24, 2.45) is 0 Å². The van der Waals surface area contributed by atoms with Crippen LogP contribution in [0.2, 0.25) is 0 Å². The molecule has 0 spiro atoms. The zero-order valence-corrected chi connectivity index (χ0v) is 8.66. The second-order valence-electron chi connectivity index (χ2n) is 3.08. The summed E-state index contributed by atoms with van der Waals surface area (Å²) in [6.45, 7) is 4.55. The molecule has 2 heteroatoms. The van der Waals surface area contributed by atoms with Gasteiger partial charge in [0.2, 0.25) is 0 Å². The summed E-state index contributed by atoms with van der Waals surface area (Å²) in [4.78, 5) is 0. The zero-order chi connectivity index (χ0) is 10.2. The van der Waals surface area contributed by atoms with E-state index in [1.807, 2.05) is 24.3 Å². The Hall–Kier alpha value is -1.18. The van der Waals surface area contributed by atoms with Crippen LogP contribution in [0.1, 0.15) is 19.3 Å². The van der Waals surface area contributed by atoms with Crippen LogP contribution in [-0.2, 0) is 0 Å². The van der Waals surface area contributed by atoms with Crippen LogP contribution in [0.3, 0.4) is 0 Å². The van der Waals surface area contributed by atoms with Gasteiger partial charge in [-0.25, -0.2) is 0 Å². The van der Waals surface area contributed by atoms with E-state index in [-0.39, 0.29) is 0 Å². The van der Waals surface area contributed by atoms with E-state index in [9.17, 15) is 0 Å². The lowest BCUT2D eigenvalue weighted by Crippen LogP contribution is -1.96. The number of rotatable bonds is 6. The minimum absolute atomic E-state index is 0.766. The maximum absolute atomic E-state index is 5.52. The Bertz CT molecular complexity index is 241. The van der Waals surface area contributed by atoms with Gasteiger partial charge in [0.15, 0.2) is 0 Å². The van der Waals surface area contributed by atoms with Crippen molar-refractivity contribution in [3.05, 3.63) is 31.2 Å². The van der Waals surface area contributed by atoms with Gasteiger partial charge in [-0.1, -0.05) is 19.8 Å². The minimum atomic E-state index is 0.766. The SMILES string of the molecule is [CH2]CCCCOc1ccc(OC)cc1. The molecule has 1 radical (unpaired) electrons. The van der Waals surface area contributed by atoms with E-state index in [0.717, 1.165) is 37.4 Å². The number of hydrogen-bond donors (Lipinski definition) is 0. The Balaban J connectivity index is 2.29. The molecule has 1 aromatic rings. The lowest BCUT2D eigenvalue weighted by Gasteiger charge is -2.06. The van der Waals surface area contributed by atoms with Crippen LogP contribution in [0.25, 0.3) is 0 Å². The molecular weight excluding hydrogens is 176 g/mol. The maximum atomic E-state index is 5.52. The minimum Gasteiger partial charge on any atom is -0.497 e.